The first-order valence-electron chi connectivity index (χ1n) is 5.73. The highest BCUT2D eigenvalue weighted by atomic mass is 32.2. The molecule has 1 N–H and O–H groups in total. The van der Waals surface area contributed by atoms with E-state index in [0.29, 0.717) is 18.6 Å². The molecule has 1 heterocycles. The number of esters is 1. The lowest BCUT2D eigenvalue weighted by Crippen LogP contribution is -2.41. The highest BCUT2D eigenvalue weighted by Gasteiger charge is 2.24. The van der Waals surface area contributed by atoms with Gasteiger partial charge < -0.3 is 10.1 Å². The summed E-state index contributed by atoms with van der Waals surface area (Å²) in [5.74, 6) is -0.0220. The minimum absolute atomic E-state index is 0.0834. The summed E-state index contributed by atoms with van der Waals surface area (Å²) in [6, 6.07) is -0.0834. The third kappa shape index (κ3) is 4.87. The van der Waals surface area contributed by atoms with E-state index < -0.39 is 15.8 Å². The topological polar surface area (TPSA) is 72.5 Å². The van der Waals surface area contributed by atoms with Gasteiger partial charge in [-0.25, -0.2) is 13.2 Å². The van der Waals surface area contributed by atoms with Gasteiger partial charge in [0.1, 0.15) is 0 Å². The van der Waals surface area contributed by atoms with Gasteiger partial charge in [-0.05, 0) is 19.8 Å². The molecule has 0 aromatic heterocycles. The highest BCUT2D eigenvalue weighted by Crippen LogP contribution is 2.12. The molecule has 1 fully saturated rings. The Hall–Kier alpha value is -0.880. The number of ether oxygens (including phenoxy) is 1. The van der Waals surface area contributed by atoms with Gasteiger partial charge in [-0.1, -0.05) is 6.58 Å². The maximum atomic E-state index is 11.4. The molecule has 0 bridgehead atoms. The van der Waals surface area contributed by atoms with Gasteiger partial charge in [0, 0.05) is 18.2 Å². The van der Waals surface area contributed by atoms with Crippen LogP contribution in [0.25, 0.3) is 0 Å². The fourth-order valence-electron chi connectivity index (χ4n) is 1.76. The molecule has 0 aromatic rings. The predicted molar refractivity (Wildman–Crippen MR) is 65.5 cm³/mol. The van der Waals surface area contributed by atoms with E-state index in [0.717, 1.165) is 6.42 Å². The summed E-state index contributed by atoms with van der Waals surface area (Å²) >= 11 is 0. The Morgan fingerprint density at radius 2 is 2.24 bits per heavy atom. The summed E-state index contributed by atoms with van der Waals surface area (Å²) in [4.78, 5) is 11.3. The normalized spacial score (nSPS) is 23.0. The zero-order chi connectivity index (χ0) is 12.9. The van der Waals surface area contributed by atoms with Crippen LogP contribution >= 0.6 is 0 Å². The molecule has 0 aliphatic carbocycles. The molecule has 1 aliphatic heterocycles. The minimum Gasteiger partial charge on any atom is -0.463 e. The summed E-state index contributed by atoms with van der Waals surface area (Å²) in [7, 11) is -2.92. The lowest BCUT2D eigenvalue weighted by Gasteiger charge is -2.23. The number of carbonyl (C=O) groups excluding carboxylic acids is 1. The number of rotatable bonds is 5. The number of sulfone groups is 1. The summed E-state index contributed by atoms with van der Waals surface area (Å²) in [6.07, 6.45) is 1.49. The van der Waals surface area contributed by atoms with E-state index >= 15 is 0 Å². The molecular formula is C11H19NO4S. The maximum Gasteiger partial charge on any atom is 0.334 e. The van der Waals surface area contributed by atoms with Crippen LogP contribution in [0.1, 0.15) is 19.8 Å². The molecule has 1 unspecified atom stereocenters. The standard InChI is InChI=1S/C11H19NO4S/c1-3-16-11(13)9(2)7-12-10-5-4-6-17(14,15)8-10/h10,12H,2-8H2,1H3. The molecule has 1 atom stereocenters. The van der Waals surface area contributed by atoms with Gasteiger partial charge >= 0.3 is 5.97 Å². The predicted octanol–water partition coefficient (Wildman–Crippen LogP) is 0.272. The van der Waals surface area contributed by atoms with Crippen LogP contribution in [0.5, 0.6) is 0 Å². The second kappa shape index (κ2) is 6.16. The number of hydrogen-bond donors (Lipinski definition) is 1. The molecule has 1 aliphatic rings. The van der Waals surface area contributed by atoms with E-state index in [-0.39, 0.29) is 24.1 Å². The summed E-state index contributed by atoms with van der Waals surface area (Å²) in [6.45, 7) is 5.93. The molecule has 1 saturated heterocycles. The monoisotopic (exact) mass is 261 g/mol. The van der Waals surface area contributed by atoms with Crippen molar-refractivity contribution in [3.05, 3.63) is 12.2 Å². The Bertz CT molecular complexity index is 388. The van der Waals surface area contributed by atoms with Crippen LogP contribution in [0.2, 0.25) is 0 Å². The van der Waals surface area contributed by atoms with Crippen molar-refractivity contribution in [1.29, 1.82) is 0 Å². The number of carbonyl (C=O) groups is 1. The van der Waals surface area contributed by atoms with Gasteiger partial charge in [-0.3, -0.25) is 0 Å². The fraction of sp³-hybridized carbons (Fsp3) is 0.727. The molecule has 17 heavy (non-hydrogen) atoms. The number of hydrogen-bond acceptors (Lipinski definition) is 5. The largest absolute Gasteiger partial charge is 0.463 e. The molecule has 0 radical (unpaired) electrons. The minimum atomic E-state index is -2.92. The van der Waals surface area contributed by atoms with Crippen LogP contribution in [0, 0.1) is 0 Å². The van der Waals surface area contributed by atoms with Gasteiger partial charge in [-0.15, -0.1) is 0 Å². The van der Waals surface area contributed by atoms with Gasteiger partial charge in [0.25, 0.3) is 0 Å². The van der Waals surface area contributed by atoms with Crippen molar-refractivity contribution in [3.8, 4) is 0 Å². The Balaban J connectivity index is 2.36. The van der Waals surface area contributed by atoms with Crippen LogP contribution in [0.4, 0.5) is 0 Å². The summed E-state index contributed by atoms with van der Waals surface area (Å²) in [5, 5.41) is 3.04. The first kappa shape index (κ1) is 14.2. The molecule has 1 rings (SSSR count). The van der Waals surface area contributed by atoms with E-state index in [9.17, 15) is 13.2 Å². The van der Waals surface area contributed by atoms with Crippen LogP contribution in [0.15, 0.2) is 12.2 Å². The van der Waals surface area contributed by atoms with E-state index in [4.69, 9.17) is 4.74 Å². The van der Waals surface area contributed by atoms with Gasteiger partial charge in [-0.2, -0.15) is 0 Å². The Morgan fingerprint density at radius 1 is 1.53 bits per heavy atom. The van der Waals surface area contributed by atoms with Crippen LogP contribution in [-0.4, -0.2) is 45.1 Å². The van der Waals surface area contributed by atoms with Crippen LogP contribution < -0.4 is 5.32 Å². The van der Waals surface area contributed by atoms with E-state index in [1.165, 1.54) is 0 Å². The fourth-order valence-corrected chi connectivity index (χ4v) is 3.43. The van der Waals surface area contributed by atoms with E-state index in [1.54, 1.807) is 6.92 Å². The molecule has 98 valence electrons. The summed E-state index contributed by atoms with van der Waals surface area (Å²) < 4.78 is 27.6. The lowest BCUT2D eigenvalue weighted by molar-refractivity contribution is -0.138. The van der Waals surface area contributed by atoms with Crippen molar-refractivity contribution >= 4 is 15.8 Å². The zero-order valence-electron chi connectivity index (χ0n) is 10.1. The SMILES string of the molecule is C=C(CNC1CCCS(=O)(=O)C1)C(=O)OCC. The Morgan fingerprint density at radius 3 is 2.82 bits per heavy atom. The summed E-state index contributed by atoms with van der Waals surface area (Å²) in [5.41, 5.74) is 0.329. The first-order valence-corrected chi connectivity index (χ1v) is 7.55. The van der Waals surface area contributed by atoms with E-state index in [2.05, 4.69) is 11.9 Å². The smallest absolute Gasteiger partial charge is 0.334 e. The first-order chi connectivity index (χ1) is 7.94. The maximum absolute atomic E-state index is 11.4. The average Bonchev–Trinajstić information content (AvgIpc) is 2.25. The Kier molecular flexibility index (Phi) is 5.14. The zero-order valence-corrected chi connectivity index (χ0v) is 10.9. The molecule has 6 heteroatoms. The average molecular weight is 261 g/mol. The van der Waals surface area contributed by atoms with Crippen molar-refractivity contribution in [2.24, 2.45) is 0 Å². The highest BCUT2D eigenvalue weighted by molar-refractivity contribution is 7.91. The van der Waals surface area contributed by atoms with Gasteiger partial charge in [0.2, 0.25) is 0 Å². The molecular weight excluding hydrogens is 242 g/mol. The quantitative estimate of drug-likeness (QED) is 0.568. The molecule has 0 amide bonds. The van der Waals surface area contributed by atoms with E-state index in [1.807, 2.05) is 0 Å². The molecule has 0 spiro atoms. The van der Waals surface area contributed by atoms with Gasteiger partial charge in [0.05, 0.1) is 18.1 Å². The van der Waals surface area contributed by atoms with Crippen molar-refractivity contribution in [3.63, 3.8) is 0 Å². The second-order valence-corrected chi connectivity index (χ2v) is 6.39. The van der Waals surface area contributed by atoms with Crippen molar-refractivity contribution in [2.45, 2.75) is 25.8 Å². The van der Waals surface area contributed by atoms with Crippen molar-refractivity contribution in [2.75, 3.05) is 24.7 Å². The van der Waals surface area contributed by atoms with Crippen LogP contribution in [-0.2, 0) is 19.4 Å². The third-order valence-electron chi connectivity index (χ3n) is 2.63. The lowest BCUT2D eigenvalue weighted by atomic mass is 10.2. The third-order valence-corrected chi connectivity index (χ3v) is 4.45. The molecule has 0 saturated carbocycles. The van der Waals surface area contributed by atoms with Crippen LogP contribution in [0.3, 0.4) is 0 Å². The molecule has 0 aromatic carbocycles. The van der Waals surface area contributed by atoms with Crippen molar-refractivity contribution < 1.29 is 17.9 Å². The molecule has 5 nitrogen and oxygen atoms in total. The Labute approximate surface area is 102 Å². The van der Waals surface area contributed by atoms with Gasteiger partial charge in [0.15, 0.2) is 9.84 Å². The number of nitrogens with one attached hydrogen (secondary N) is 1. The second-order valence-electron chi connectivity index (χ2n) is 4.16. The van der Waals surface area contributed by atoms with Crippen molar-refractivity contribution in [1.82, 2.24) is 5.32 Å².